The molecule has 0 saturated heterocycles. The minimum Gasteiger partial charge on any atom is -0.357 e. The fourth-order valence-electron chi connectivity index (χ4n) is 2.44. The predicted molar refractivity (Wildman–Crippen MR) is 96.6 cm³/mol. The molecule has 0 radical (unpaired) electrons. The number of nitrogens with zero attached hydrogens (tertiary/aromatic N) is 4. The van der Waals surface area contributed by atoms with Gasteiger partial charge < -0.3 is 15.2 Å². The molecule has 1 aromatic heterocycles. The highest BCUT2D eigenvalue weighted by molar-refractivity contribution is 5.79. The van der Waals surface area contributed by atoms with Crippen molar-refractivity contribution in [1.29, 1.82) is 0 Å². The summed E-state index contributed by atoms with van der Waals surface area (Å²) in [5.74, 6) is 0.944. The summed E-state index contributed by atoms with van der Waals surface area (Å²) >= 11 is 0. The fourth-order valence-corrected chi connectivity index (χ4v) is 2.44. The van der Waals surface area contributed by atoms with Gasteiger partial charge in [0.05, 0.1) is 0 Å². The molecule has 1 atom stereocenters. The number of hydrogen-bond acceptors (Lipinski definition) is 3. The van der Waals surface area contributed by atoms with Crippen LogP contribution in [0.3, 0.4) is 0 Å². The molecule has 23 heavy (non-hydrogen) atoms. The van der Waals surface area contributed by atoms with Gasteiger partial charge in [-0.3, -0.25) is 4.99 Å². The second-order valence-electron chi connectivity index (χ2n) is 6.06. The van der Waals surface area contributed by atoms with E-state index in [1.807, 2.05) is 4.57 Å². The summed E-state index contributed by atoms with van der Waals surface area (Å²) in [6.07, 6.45) is 12.1. The molecule has 2 N–H and O–H groups in total. The lowest BCUT2D eigenvalue weighted by atomic mass is 10.1. The Morgan fingerprint density at radius 2 is 1.87 bits per heavy atom. The summed E-state index contributed by atoms with van der Waals surface area (Å²) in [5.41, 5.74) is 0. The molecule has 6 nitrogen and oxygen atoms in total. The summed E-state index contributed by atoms with van der Waals surface area (Å²) in [4.78, 5) is 4.67. The number of rotatable bonds is 12. The molecule has 1 aromatic rings. The fraction of sp³-hybridized carbons (Fsp3) is 0.824. The maximum atomic E-state index is 4.67. The number of guanidine groups is 1. The van der Waals surface area contributed by atoms with Gasteiger partial charge in [0.1, 0.15) is 12.7 Å². The molecular weight excluding hydrogens is 288 g/mol. The first kappa shape index (κ1) is 19.5. The zero-order chi connectivity index (χ0) is 16.8. The number of aryl methyl sites for hydroxylation is 1. The molecule has 0 amide bonds. The van der Waals surface area contributed by atoms with Crippen LogP contribution in [0.5, 0.6) is 0 Å². The quantitative estimate of drug-likeness (QED) is 0.353. The summed E-state index contributed by atoms with van der Waals surface area (Å²) < 4.78 is 2.01. The molecule has 132 valence electrons. The Bertz CT molecular complexity index is 401. The molecule has 0 aromatic carbocycles. The van der Waals surface area contributed by atoms with Crippen molar-refractivity contribution >= 4 is 5.96 Å². The largest absolute Gasteiger partial charge is 0.357 e. The second kappa shape index (κ2) is 12.9. The van der Waals surface area contributed by atoms with Crippen LogP contribution in [0.4, 0.5) is 0 Å². The van der Waals surface area contributed by atoms with Crippen LogP contribution in [0, 0.1) is 0 Å². The number of aromatic nitrogens is 3. The van der Waals surface area contributed by atoms with E-state index in [1.165, 1.54) is 32.1 Å². The summed E-state index contributed by atoms with van der Waals surface area (Å²) in [7, 11) is 0. The number of hydrogen-bond donors (Lipinski definition) is 2. The van der Waals surface area contributed by atoms with Gasteiger partial charge in [-0.1, -0.05) is 32.6 Å². The van der Waals surface area contributed by atoms with E-state index >= 15 is 0 Å². The molecule has 1 rings (SSSR count). The van der Waals surface area contributed by atoms with Gasteiger partial charge in [-0.15, -0.1) is 10.2 Å². The SMILES string of the molecule is CCCCCCC(C)NC(=NCCCCn1cnnc1)NCC. The second-order valence-corrected chi connectivity index (χ2v) is 6.06. The van der Waals surface area contributed by atoms with Crippen molar-refractivity contribution in [2.45, 2.75) is 78.3 Å². The Balaban J connectivity index is 2.20. The number of unbranched alkanes of at least 4 members (excludes halogenated alkanes) is 4. The van der Waals surface area contributed by atoms with E-state index < -0.39 is 0 Å². The molecule has 0 saturated carbocycles. The Morgan fingerprint density at radius 3 is 2.57 bits per heavy atom. The predicted octanol–water partition coefficient (Wildman–Crippen LogP) is 2.97. The van der Waals surface area contributed by atoms with Gasteiger partial charge in [0.15, 0.2) is 5.96 Å². The Morgan fingerprint density at radius 1 is 1.09 bits per heavy atom. The van der Waals surface area contributed by atoms with Gasteiger partial charge in [0.25, 0.3) is 0 Å². The standard InChI is InChI=1S/C17H34N6/c1-4-6-7-8-11-16(3)22-17(18-5-2)19-12-9-10-13-23-14-20-21-15-23/h14-16H,4-13H2,1-3H3,(H2,18,19,22). The van der Waals surface area contributed by atoms with E-state index in [0.717, 1.165) is 38.4 Å². The molecule has 0 aliphatic rings. The molecule has 0 aliphatic heterocycles. The van der Waals surface area contributed by atoms with Crippen LogP contribution in [0.15, 0.2) is 17.6 Å². The van der Waals surface area contributed by atoms with Crippen molar-refractivity contribution in [3.63, 3.8) is 0 Å². The molecule has 0 bridgehead atoms. The van der Waals surface area contributed by atoms with Crippen LogP contribution in [-0.2, 0) is 6.54 Å². The van der Waals surface area contributed by atoms with Crippen LogP contribution >= 0.6 is 0 Å². The monoisotopic (exact) mass is 322 g/mol. The molecule has 0 spiro atoms. The van der Waals surface area contributed by atoms with Crippen molar-refractivity contribution < 1.29 is 0 Å². The summed E-state index contributed by atoms with van der Waals surface area (Å²) in [6, 6.07) is 0.474. The Kier molecular flexibility index (Phi) is 10.9. The molecular formula is C17H34N6. The van der Waals surface area contributed by atoms with Crippen molar-refractivity contribution in [2.75, 3.05) is 13.1 Å². The molecule has 0 fully saturated rings. The molecule has 6 heteroatoms. The minimum absolute atomic E-state index is 0.474. The highest BCUT2D eigenvalue weighted by Crippen LogP contribution is 2.05. The van der Waals surface area contributed by atoms with Gasteiger partial charge in [0.2, 0.25) is 0 Å². The van der Waals surface area contributed by atoms with Crippen molar-refractivity contribution in [3.05, 3.63) is 12.7 Å². The Labute approximate surface area is 141 Å². The zero-order valence-corrected chi connectivity index (χ0v) is 15.1. The highest BCUT2D eigenvalue weighted by Gasteiger charge is 2.04. The topological polar surface area (TPSA) is 67.1 Å². The van der Waals surface area contributed by atoms with E-state index in [9.17, 15) is 0 Å². The van der Waals surface area contributed by atoms with E-state index in [-0.39, 0.29) is 0 Å². The van der Waals surface area contributed by atoms with E-state index in [4.69, 9.17) is 0 Å². The van der Waals surface area contributed by atoms with Gasteiger partial charge in [-0.05, 0) is 33.1 Å². The van der Waals surface area contributed by atoms with Gasteiger partial charge in [0, 0.05) is 25.7 Å². The molecule has 1 heterocycles. The van der Waals surface area contributed by atoms with E-state index in [2.05, 4.69) is 46.6 Å². The first-order valence-corrected chi connectivity index (χ1v) is 9.13. The minimum atomic E-state index is 0.474. The number of aliphatic imine (C=N–C) groups is 1. The average molecular weight is 323 g/mol. The third kappa shape index (κ3) is 9.92. The van der Waals surface area contributed by atoms with Crippen LogP contribution in [0.1, 0.15) is 65.7 Å². The third-order valence-corrected chi connectivity index (χ3v) is 3.78. The van der Waals surface area contributed by atoms with Gasteiger partial charge in [-0.25, -0.2) is 0 Å². The van der Waals surface area contributed by atoms with Crippen LogP contribution in [-0.4, -0.2) is 39.9 Å². The maximum absolute atomic E-state index is 4.67. The highest BCUT2D eigenvalue weighted by atomic mass is 15.2. The van der Waals surface area contributed by atoms with E-state index in [0.29, 0.717) is 6.04 Å². The first-order valence-electron chi connectivity index (χ1n) is 9.13. The summed E-state index contributed by atoms with van der Waals surface area (Å²) in [5, 5.41) is 14.5. The maximum Gasteiger partial charge on any atom is 0.191 e. The Hall–Kier alpha value is -1.59. The normalized spacial score (nSPS) is 13.1. The molecule has 0 aliphatic carbocycles. The molecule has 1 unspecified atom stereocenters. The lowest BCUT2D eigenvalue weighted by molar-refractivity contribution is 0.536. The zero-order valence-electron chi connectivity index (χ0n) is 15.1. The summed E-state index contributed by atoms with van der Waals surface area (Å²) in [6.45, 7) is 9.30. The van der Waals surface area contributed by atoms with Crippen LogP contribution in [0.2, 0.25) is 0 Å². The average Bonchev–Trinajstić information content (AvgIpc) is 3.05. The first-order chi connectivity index (χ1) is 11.3. The lowest BCUT2D eigenvalue weighted by Crippen LogP contribution is -2.42. The van der Waals surface area contributed by atoms with Crippen molar-refractivity contribution in [3.8, 4) is 0 Å². The van der Waals surface area contributed by atoms with Crippen LogP contribution < -0.4 is 10.6 Å². The van der Waals surface area contributed by atoms with E-state index in [1.54, 1.807) is 12.7 Å². The van der Waals surface area contributed by atoms with Gasteiger partial charge in [-0.2, -0.15) is 0 Å². The third-order valence-electron chi connectivity index (χ3n) is 3.78. The van der Waals surface area contributed by atoms with Crippen molar-refractivity contribution in [1.82, 2.24) is 25.4 Å². The van der Waals surface area contributed by atoms with Crippen LogP contribution in [0.25, 0.3) is 0 Å². The smallest absolute Gasteiger partial charge is 0.191 e. The van der Waals surface area contributed by atoms with Crippen molar-refractivity contribution in [2.24, 2.45) is 4.99 Å². The lowest BCUT2D eigenvalue weighted by Gasteiger charge is -2.17. The number of nitrogens with one attached hydrogen (secondary N) is 2. The van der Waals surface area contributed by atoms with Gasteiger partial charge >= 0.3 is 0 Å².